The number of ether oxygens (including phenoxy) is 2. The number of hydrogen-bond acceptors (Lipinski definition) is 6. The summed E-state index contributed by atoms with van der Waals surface area (Å²) < 4.78 is 10.5. The van der Waals surface area contributed by atoms with E-state index in [0.29, 0.717) is 23.4 Å². The molecule has 0 fully saturated rings. The van der Waals surface area contributed by atoms with Crippen molar-refractivity contribution in [2.75, 3.05) is 20.8 Å². The minimum absolute atomic E-state index is 0.335. The third-order valence-corrected chi connectivity index (χ3v) is 2.21. The summed E-state index contributed by atoms with van der Waals surface area (Å²) in [5.41, 5.74) is 0.654. The molecule has 1 aliphatic rings. The second kappa shape index (κ2) is 4.63. The lowest BCUT2D eigenvalue weighted by Crippen LogP contribution is -2.17. The van der Waals surface area contributed by atoms with Crippen LogP contribution >= 0.6 is 11.6 Å². The van der Waals surface area contributed by atoms with E-state index in [1.807, 2.05) is 0 Å². The second-order valence-corrected chi connectivity index (χ2v) is 3.62. The first kappa shape index (κ1) is 11.1. The number of hydrogen-bond donors (Lipinski definition) is 0. The largest absolute Gasteiger partial charge is 0.446 e. The smallest absolute Gasteiger partial charge is 0.234 e. The minimum Gasteiger partial charge on any atom is -0.446 e. The molecule has 16 heavy (non-hydrogen) atoms. The molecule has 1 aromatic rings. The Bertz CT molecular complexity index is 395. The predicted molar refractivity (Wildman–Crippen MR) is 57.9 cm³/mol. The molecule has 7 heteroatoms. The van der Waals surface area contributed by atoms with Gasteiger partial charge in [-0.25, -0.2) is 4.98 Å². The highest BCUT2D eigenvalue weighted by molar-refractivity contribution is 6.29. The molecule has 2 heterocycles. The van der Waals surface area contributed by atoms with E-state index in [1.54, 1.807) is 25.4 Å². The number of nitrogens with zero attached hydrogens (tertiary/aromatic N) is 4. The topological polar surface area (TPSA) is 59.8 Å². The Labute approximate surface area is 97.8 Å². The summed E-state index contributed by atoms with van der Waals surface area (Å²) in [6.07, 6.45) is 2.67. The van der Waals surface area contributed by atoms with Crippen LogP contribution in [0.15, 0.2) is 17.5 Å². The fourth-order valence-corrected chi connectivity index (χ4v) is 1.44. The molecule has 1 atom stereocenters. The fourth-order valence-electron chi connectivity index (χ4n) is 1.35. The zero-order valence-electron chi connectivity index (χ0n) is 8.92. The molecule has 1 unspecified atom stereocenters. The third-order valence-electron chi connectivity index (χ3n) is 2.02. The lowest BCUT2D eigenvalue weighted by atomic mass is 10.4. The van der Waals surface area contributed by atoms with Gasteiger partial charge in [0.15, 0.2) is 0 Å². The molecule has 0 aliphatic carbocycles. The molecule has 0 saturated heterocycles. The van der Waals surface area contributed by atoms with Crippen molar-refractivity contribution in [2.24, 2.45) is 5.10 Å². The highest BCUT2D eigenvalue weighted by Gasteiger charge is 2.27. The highest BCUT2D eigenvalue weighted by Crippen LogP contribution is 2.24. The van der Waals surface area contributed by atoms with Gasteiger partial charge in [-0.05, 0) is 0 Å². The van der Waals surface area contributed by atoms with Gasteiger partial charge in [0.1, 0.15) is 17.5 Å². The Morgan fingerprint density at radius 2 is 2.31 bits per heavy atom. The molecular weight excluding hydrogens is 232 g/mol. The van der Waals surface area contributed by atoms with E-state index < -0.39 is 0 Å². The van der Waals surface area contributed by atoms with Crippen molar-refractivity contribution in [1.82, 2.24) is 15.0 Å². The molecule has 0 N–H and O–H groups in total. The number of methoxy groups -OCH3 is 1. The van der Waals surface area contributed by atoms with Crippen molar-refractivity contribution >= 4 is 17.5 Å². The van der Waals surface area contributed by atoms with Gasteiger partial charge in [-0.3, -0.25) is 9.99 Å². The molecule has 0 aromatic carbocycles. The average molecular weight is 243 g/mol. The van der Waals surface area contributed by atoms with E-state index in [1.165, 1.54) is 6.20 Å². The van der Waals surface area contributed by atoms with Crippen molar-refractivity contribution in [1.29, 1.82) is 0 Å². The Morgan fingerprint density at radius 3 is 2.94 bits per heavy atom. The highest BCUT2D eigenvalue weighted by atomic mass is 35.5. The predicted octanol–water partition coefficient (Wildman–Crippen LogP) is 1.05. The summed E-state index contributed by atoms with van der Waals surface area (Å²) in [7, 11) is 3.38. The lowest BCUT2D eigenvalue weighted by molar-refractivity contribution is 0.0665. The Balaban J connectivity index is 2.10. The molecule has 2 rings (SSSR count). The summed E-state index contributed by atoms with van der Waals surface area (Å²) in [5.74, 6) is 0.520. The Kier molecular flexibility index (Phi) is 3.21. The van der Waals surface area contributed by atoms with Crippen molar-refractivity contribution in [2.45, 2.75) is 6.23 Å². The first-order valence-electron chi connectivity index (χ1n) is 4.64. The van der Waals surface area contributed by atoms with Crippen molar-refractivity contribution in [3.05, 3.63) is 23.2 Å². The molecule has 6 nitrogen and oxygen atoms in total. The van der Waals surface area contributed by atoms with E-state index in [4.69, 9.17) is 21.1 Å². The van der Waals surface area contributed by atoms with Crippen LogP contribution < -0.4 is 0 Å². The van der Waals surface area contributed by atoms with Gasteiger partial charge in [-0.15, -0.1) is 5.10 Å². The zero-order valence-corrected chi connectivity index (χ0v) is 9.68. The Morgan fingerprint density at radius 1 is 1.50 bits per heavy atom. The molecule has 0 radical (unpaired) electrons. The van der Waals surface area contributed by atoms with Gasteiger partial charge in [0.2, 0.25) is 12.1 Å². The zero-order chi connectivity index (χ0) is 11.5. The first-order chi connectivity index (χ1) is 7.70. The maximum Gasteiger partial charge on any atom is 0.234 e. The van der Waals surface area contributed by atoms with Crippen molar-refractivity contribution < 1.29 is 9.47 Å². The first-order valence-corrected chi connectivity index (χ1v) is 5.02. The van der Waals surface area contributed by atoms with Crippen LogP contribution in [0, 0.1) is 0 Å². The molecule has 0 bridgehead atoms. The van der Waals surface area contributed by atoms with Gasteiger partial charge < -0.3 is 9.47 Å². The monoisotopic (exact) mass is 242 g/mol. The van der Waals surface area contributed by atoms with Crippen LogP contribution in [0.3, 0.4) is 0 Å². The molecular formula is C9H11ClN4O2. The molecule has 0 amide bonds. The van der Waals surface area contributed by atoms with E-state index in [0.717, 1.165) is 0 Å². The van der Waals surface area contributed by atoms with Crippen LogP contribution in [0.25, 0.3) is 0 Å². The van der Waals surface area contributed by atoms with E-state index in [2.05, 4.69) is 15.1 Å². The molecule has 1 aromatic heterocycles. The van der Waals surface area contributed by atoms with Gasteiger partial charge in [0.25, 0.3) is 0 Å². The van der Waals surface area contributed by atoms with Crippen LogP contribution in [-0.2, 0) is 9.47 Å². The number of rotatable bonds is 3. The summed E-state index contributed by atoms with van der Waals surface area (Å²) in [5, 5.41) is 6.17. The van der Waals surface area contributed by atoms with E-state index in [-0.39, 0.29) is 6.23 Å². The van der Waals surface area contributed by atoms with Crippen LogP contribution in [0.4, 0.5) is 0 Å². The summed E-state index contributed by atoms with van der Waals surface area (Å²) in [6.45, 7) is 0.335. The second-order valence-electron chi connectivity index (χ2n) is 3.23. The normalized spacial score (nSPS) is 19.6. The number of halogens is 1. The summed E-state index contributed by atoms with van der Waals surface area (Å²) >= 11 is 5.66. The van der Waals surface area contributed by atoms with Gasteiger partial charge in [-0.2, -0.15) is 0 Å². The third kappa shape index (κ3) is 2.23. The van der Waals surface area contributed by atoms with Gasteiger partial charge in [-0.1, -0.05) is 11.6 Å². The summed E-state index contributed by atoms with van der Waals surface area (Å²) in [4.78, 5) is 8.07. The maximum atomic E-state index is 5.66. The number of aromatic nitrogens is 2. The molecule has 86 valence electrons. The van der Waals surface area contributed by atoms with Crippen LogP contribution in [0.2, 0.25) is 5.15 Å². The van der Waals surface area contributed by atoms with E-state index >= 15 is 0 Å². The standard InChI is InChI=1S/C9H11ClN4O2/c1-14-9(16-8(13-14)5-15-2)6-3-12-7(10)4-11-6/h3-4,9H,5H2,1-2H3. The lowest BCUT2D eigenvalue weighted by Gasteiger charge is -2.16. The minimum atomic E-state index is -0.366. The van der Waals surface area contributed by atoms with E-state index in [9.17, 15) is 0 Å². The molecule has 1 aliphatic heterocycles. The van der Waals surface area contributed by atoms with Gasteiger partial charge in [0, 0.05) is 14.2 Å². The van der Waals surface area contributed by atoms with Crippen LogP contribution in [0.5, 0.6) is 0 Å². The molecule has 0 spiro atoms. The number of hydrazone groups is 1. The van der Waals surface area contributed by atoms with Gasteiger partial charge >= 0.3 is 0 Å². The van der Waals surface area contributed by atoms with Gasteiger partial charge in [0.05, 0.1) is 12.4 Å². The Hall–Kier alpha value is -1.40. The van der Waals surface area contributed by atoms with Crippen LogP contribution in [0.1, 0.15) is 11.9 Å². The summed E-state index contributed by atoms with van der Waals surface area (Å²) in [6, 6.07) is 0. The maximum absolute atomic E-state index is 5.66. The SMILES string of the molecule is COCC1=NN(C)C(c2cnc(Cl)cn2)O1. The van der Waals surface area contributed by atoms with Crippen LogP contribution in [-0.4, -0.2) is 41.6 Å². The van der Waals surface area contributed by atoms with Crippen molar-refractivity contribution in [3.8, 4) is 0 Å². The average Bonchev–Trinajstić information content (AvgIpc) is 2.61. The molecule has 0 saturated carbocycles. The fraction of sp³-hybridized carbons (Fsp3) is 0.444. The van der Waals surface area contributed by atoms with Crippen molar-refractivity contribution in [3.63, 3.8) is 0 Å². The quantitative estimate of drug-likeness (QED) is 0.793.